The van der Waals surface area contributed by atoms with Crippen LogP contribution >= 0.6 is 0 Å². The summed E-state index contributed by atoms with van der Waals surface area (Å²) in [5.41, 5.74) is 5.60. The molecule has 0 unspecified atom stereocenters. The number of carbonyl (C=O) groups excluding carboxylic acids is 4. The quantitative estimate of drug-likeness (QED) is 0.582. The molecule has 0 aromatic heterocycles. The van der Waals surface area contributed by atoms with Crippen LogP contribution < -0.4 is 16.0 Å². The topological polar surface area (TPSA) is 149 Å². The lowest BCUT2D eigenvalue weighted by molar-refractivity contribution is -0.136. The second-order valence-electron chi connectivity index (χ2n) is 11.4. The third-order valence-corrected chi connectivity index (χ3v) is 7.59. The van der Waals surface area contributed by atoms with Gasteiger partial charge in [0.25, 0.3) is 0 Å². The van der Waals surface area contributed by atoms with Crippen LogP contribution in [0.1, 0.15) is 50.4 Å². The molecule has 4 aliphatic rings. The van der Waals surface area contributed by atoms with Gasteiger partial charge in [-0.3, -0.25) is 19.3 Å². The molecule has 1 aliphatic carbocycles. The molecule has 11 heteroatoms. The van der Waals surface area contributed by atoms with Crippen molar-refractivity contribution in [3.63, 3.8) is 0 Å². The minimum absolute atomic E-state index is 0.0322. The number of benzene rings is 1. The van der Waals surface area contributed by atoms with Gasteiger partial charge in [-0.2, -0.15) is 5.26 Å². The minimum atomic E-state index is -0.955. The highest BCUT2D eigenvalue weighted by molar-refractivity contribution is 6.02. The highest BCUT2D eigenvalue weighted by atomic mass is 16.6. The van der Waals surface area contributed by atoms with E-state index in [0.717, 1.165) is 6.42 Å². The van der Waals surface area contributed by atoms with Gasteiger partial charge in [0.05, 0.1) is 18.2 Å². The molecular weight excluding hydrogens is 476 g/mol. The summed E-state index contributed by atoms with van der Waals surface area (Å²) >= 11 is 0. The van der Waals surface area contributed by atoms with Crippen molar-refractivity contribution in [3.8, 4) is 6.07 Å². The van der Waals surface area contributed by atoms with Gasteiger partial charge in [-0.25, -0.2) is 4.79 Å². The lowest BCUT2D eigenvalue weighted by Gasteiger charge is -2.36. The zero-order valence-electron chi connectivity index (χ0n) is 21.2. The number of alkyl carbamates (subject to hydrolysis) is 1. The number of likely N-dealkylation sites (tertiary alicyclic amines) is 2. The first-order valence-corrected chi connectivity index (χ1v) is 12.6. The first-order chi connectivity index (χ1) is 17.5. The van der Waals surface area contributed by atoms with Crippen molar-refractivity contribution >= 4 is 29.5 Å². The molecule has 6 atom stereocenters. The number of nitrogens with zero attached hydrogens (tertiary/aromatic N) is 4. The number of nitrogens with one attached hydrogen (secondary N) is 1. The monoisotopic (exact) mass is 508 g/mol. The van der Waals surface area contributed by atoms with E-state index in [-0.39, 0.29) is 30.4 Å². The van der Waals surface area contributed by atoms with Crippen LogP contribution in [0.15, 0.2) is 24.3 Å². The fraction of sp³-hybridized carbons (Fsp3) is 0.577. The Bertz CT molecular complexity index is 1190. The lowest BCUT2D eigenvalue weighted by atomic mass is 10.1. The SMILES string of the molecule is CC(C)(C)OC(=O)N[C@@H](CN1C[C@H]2C[C@@H]1C(=O)N2c1cccc(C(N)=O)c1)C(=O)N1[C@H](C#N)C[C@@H]2C[C@@H]21. The van der Waals surface area contributed by atoms with Crippen molar-refractivity contribution in [2.75, 3.05) is 18.0 Å². The first-order valence-electron chi connectivity index (χ1n) is 12.6. The van der Waals surface area contributed by atoms with Crippen molar-refractivity contribution < 1.29 is 23.9 Å². The summed E-state index contributed by atoms with van der Waals surface area (Å²) in [5.74, 6) is -0.668. The van der Waals surface area contributed by atoms with Gasteiger partial charge in [0.2, 0.25) is 17.7 Å². The van der Waals surface area contributed by atoms with Crippen molar-refractivity contribution in [1.29, 1.82) is 5.26 Å². The van der Waals surface area contributed by atoms with E-state index in [1.165, 1.54) is 0 Å². The lowest BCUT2D eigenvalue weighted by Crippen LogP contribution is -2.59. The fourth-order valence-electron chi connectivity index (χ4n) is 5.95. The Morgan fingerprint density at radius 2 is 2.00 bits per heavy atom. The Labute approximate surface area is 215 Å². The Morgan fingerprint density at radius 3 is 2.65 bits per heavy atom. The Hall–Kier alpha value is -3.65. The molecule has 1 aromatic carbocycles. The summed E-state index contributed by atoms with van der Waals surface area (Å²) in [7, 11) is 0. The number of hydrogen-bond acceptors (Lipinski definition) is 7. The van der Waals surface area contributed by atoms with Gasteiger partial charge in [-0.1, -0.05) is 6.07 Å². The number of nitriles is 1. The average molecular weight is 509 g/mol. The summed E-state index contributed by atoms with van der Waals surface area (Å²) in [6, 6.07) is 6.87. The maximum absolute atomic E-state index is 13.7. The Kier molecular flexibility index (Phi) is 6.10. The van der Waals surface area contributed by atoms with E-state index in [2.05, 4.69) is 11.4 Å². The molecule has 3 heterocycles. The maximum atomic E-state index is 13.7. The van der Waals surface area contributed by atoms with E-state index < -0.39 is 35.7 Å². The molecule has 3 aliphatic heterocycles. The highest BCUT2D eigenvalue weighted by Gasteiger charge is 2.56. The second-order valence-corrected chi connectivity index (χ2v) is 11.4. The molecule has 0 spiro atoms. The standard InChI is InChI=1S/C26H32N6O5/c1-26(2,3)37-25(36)29-19(23(34)32-17(11-27)8-15-9-20(15)32)13-30-12-18-10-21(30)24(35)31(18)16-6-4-5-14(7-16)22(28)33/h4-7,15,17-21H,8-10,12-13H2,1-3H3,(H2,28,33)(H,29,36)/t15-,17+,18-,19+,20+,21-/m1/s1. The Balaban J connectivity index is 1.33. The second kappa shape index (κ2) is 9.03. The zero-order chi connectivity index (χ0) is 26.6. The van der Waals surface area contributed by atoms with Gasteiger partial charge in [-0.05, 0) is 64.2 Å². The number of amides is 4. The maximum Gasteiger partial charge on any atom is 0.408 e. The molecule has 5 rings (SSSR count). The van der Waals surface area contributed by atoms with Crippen LogP contribution in [0.25, 0.3) is 0 Å². The third-order valence-electron chi connectivity index (χ3n) is 7.59. The van der Waals surface area contributed by atoms with Crippen molar-refractivity contribution in [3.05, 3.63) is 29.8 Å². The van der Waals surface area contributed by atoms with Crippen LogP contribution in [0.5, 0.6) is 0 Å². The first kappa shape index (κ1) is 25.0. The number of fused-ring (bicyclic) bond motifs is 3. The number of carbonyl (C=O) groups is 4. The molecule has 3 saturated heterocycles. The molecule has 1 aromatic rings. The van der Waals surface area contributed by atoms with Gasteiger partial charge < -0.3 is 25.6 Å². The molecule has 4 amide bonds. The molecule has 3 N–H and O–H groups in total. The van der Waals surface area contributed by atoms with Crippen LogP contribution in [-0.4, -0.2) is 82.5 Å². The highest BCUT2D eigenvalue weighted by Crippen LogP contribution is 2.48. The molecule has 4 fully saturated rings. The summed E-state index contributed by atoms with van der Waals surface area (Å²) in [5, 5.41) is 12.3. The summed E-state index contributed by atoms with van der Waals surface area (Å²) in [4.78, 5) is 56.5. The van der Waals surface area contributed by atoms with E-state index >= 15 is 0 Å². The van der Waals surface area contributed by atoms with Gasteiger partial charge in [-0.15, -0.1) is 0 Å². The number of piperidine rings is 1. The fourth-order valence-corrected chi connectivity index (χ4v) is 5.95. The van der Waals surface area contributed by atoms with Gasteiger partial charge in [0.1, 0.15) is 17.7 Å². The van der Waals surface area contributed by atoms with E-state index in [1.54, 1.807) is 54.8 Å². The van der Waals surface area contributed by atoms with Crippen LogP contribution in [-0.2, 0) is 14.3 Å². The average Bonchev–Trinajstić information content (AvgIpc) is 3.15. The molecule has 1 saturated carbocycles. The molecule has 0 radical (unpaired) electrons. The predicted molar refractivity (Wildman–Crippen MR) is 132 cm³/mol. The molecule has 2 bridgehead atoms. The number of rotatable bonds is 6. The Morgan fingerprint density at radius 1 is 1.24 bits per heavy atom. The number of nitrogens with two attached hydrogens (primary N) is 1. The van der Waals surface area contributed by atoms with Gasteiger partial charge in [0, 0.05) is 30.4 Å². The summed E-state index contributed by atoms with van der Waals surface area (Å²) < 4.78 is 5.41. The minimum Gasteiger partial charge on any atom is -0.444 e. The third kappa shape index (κ3) is 4.73. The number of anilines is 1. The number of hydrogen-bond donors (Lipinski definition) is 2. The summed E-state index contributed by atoms with van der Waals surface area (Å²) in [6.07, 6.45) is 1.38. The molecule has 11 nitrogen and oxygen atoms in total. The van der Waals surface area contributed by atoms with Crippen LogP contribution in [0.4, 0.5) is 10.5 Å². The van der Waals surface area contributed by atoms with E-state index in [1.807, 2.05) is 4.90 Å². The predicted octanol–water partition coefficient (Wildman–Crippen LogP) is 0.981. The van der Waals surface area contributed by atoms with Gasteiger partial charge >= 0.3 is 6.09 Å². The van der Waals surface area contributed by atoms with Crippen molar-refractivity contribution in [1.82, 2.24) is 15.1 Å². The van der Waals surface area contributed by atoms with Crippen LogP contribution in [0.2, 0.25) is 0 Å². The van der Waals surface area contributed by atoms with Crippen molar-refractivity contribution in [2.24, 2.45) is 11.7 Å². The van der Waals surface area contributed by atoms with Crippen LogP contribution in [0, 0.1) is 17.2 Å². The normalized spacial score (nSPS) is 29.0. The molecular formula is C26H32N6O5. The van der Waals surface area contributed by atoms with E-state index in [0.29, 0.717) is 36.6 Å². The zero-order valence-corrected chi connectivity index (χ0v) is 21.2. The van der Waals surface area contributed by atoms with Crippen molar-refractivity contribution in [2.45, 2.75) is 75.8 Å². The van der Waals surface area contributed by atoms with Gasteiger partial charge in [0.15, 0.2) is 0 Å². The summed E-state index contributed by atoms with van der Waals surface area (Å²) in [6.45, 7) is 5.86. The number of primary amides is 1. The smallest absolute Gasteiger partial charge is 0.408 e. The van der Waals surface area contributed by atoms with Crippen LogP contribution in [0.3, 0.4) is 0 Å². The number of ether oxygens (including phenoxy) is 1. The number of piperazine rings is 1. The van der Waals surface area contributed by atoms with E-state index in [9.17, 15) is 24.4 Å². The molecule has 196 valence electrons. The largest absolute Gasteiger partial charge is 0.444 e. The molecule has 37 heavy (non-hydrogen) atoms. The van der Waals surface area contributed by atoms with E-state index in [4.69, 9.17) is 10.5 Å².